The van der Waals surface area contributed by atoms with Gasteiger partial charge in [0.2, 0.25) is 59.1 Å². The molecule has 0 radical (unpaired) electrons. The Labute approximate surface area is 601 Å². The second-order valence-corrected chi connectivity index (χ2v) is 30.2. The Morgan fingerprint density at radius 2 is 1.31 bits per heavy atom. The number of likely N-dealkylation sites (tertiary alicyclic amines) is 1. The summed E-state index contributed by atoms with van der Waals surface area (Å²) in [4.78, 5) is 160. The number of carbonyl (C=O) groups excluding carboxylic acids is 10. The van der Waals surface area contributed by atoms with E-state index in [1.165, 1.54) is 86.6 Å². The van der Waals surface area contributed by atoms with Crippen molar-refractivity contribution in [1.82, 2.24) is 60.0 Å². The van der Waals surface area contributed by atoms with Crippen LogP contribution in [0.2, 0.25) is 5.02 Å². The van der Waals surface area contributed by atoms with Crippen molar-refractivity contribution in [3.05, 3.63) is 34.3 Å². The predicted molar refractivity (Wildman–Crippen MR) is 378 cm³/mol. The Balaban J connectivity index is 1.35. The smallest absolute Gasteiger partial charge is 0.376 e. The molecule has 0 bridgehead atoms. The predicted octanol–water partition coefficient (Wildman–Crippen LogP) is 6.25. The van der Waals surface area contributed by atoms with Crippen molar-refractivity contribution in [3.8, 4) is 0 Å². The number of nitrogens with one attached hydrogen (secondary N) is 3. The molecule has 3 unspecified atom stereocenters. The third-order valence-electron chi connectivity index (χ3n) is 21.8. The van der Waals surface area contributed by atoms with E-state index >= 15 is 4.79 Å². The van der Waals surface area contributed by atoms with Gasteiger partial charge in [-0.25, -0.2) is 0 Å². The molecule has 570 valence electrons. The van der Waals surface area contributed by atoms with Crippen LogP contribution in [0.1, 0.15) is 193 Å². The Hall–Kier alpha value is -6.16. The van der Waals surface area contributed by atoms with Crippen LogP contribution in [-0.4, -0.2) is 263 Å². The van der Waals surface area contributed by atoms with E-state index in [1.807, 2.05) is 20.8 Å². The Morgan fingerprint density at radius 1 is 0.673 bits per heavy atom. The maximum atomic E-state index is 15.4. The highest BCUT2D eigenvalue weighted by atomic mass is 35.5. The number of nitrogens with zero attached hydrogens (tertiary/aromatic N) is 9. The van der Waals surface area contributed by atoms with Crippen molar-refractivity contribution in [1.29, 1.82) is 0 Å². The zero-order chi connectivity index (χ0) is 74.6. The van der Waals surface area contributed by atoms with Crippen molar-refractivity contribution >= 4 is 70.7 Å². The molecule has 3 saturated heterocycles. The van der Waals surface area contributed by atoms with E-state index in [-0.39, 0.29) is 69.0 Å². The standard InChI is InChI=1S/C73H118ClF3N12O12/c1-12-48(5)64-71(100)83(8)45-62(93)81(6)46-63(94)88(13-2)58(42-49-26-17-14-18-27-49)69(98)82(7)44-59(90)79-54(35-33-50-32-34-52(53(74)41-50)73(75,76)77)68(97)89-39-25-30-55(89)66(95)78-36-22-21-31-60(91)86(11)65(51-28-19-15-20-29-51)72(101)85(10)57(70(99)87-37-23-16-24-38-87)43-61(92)84(9)56(40-47(3)4)67(96)80-64/h32,34,41,47-49,51,54-58,64-66,69,78,95,98H,12-31,33,35-40,42-46H2,1-11H3,(H,79,90)(H,80,96)/t48?,54-,55-,56-,57-,58-,64-,65-,66?,69?/m0/s1. The maximum absolute atomic E-state index is 15.4. The number of benzene rings is 1. The van der Waals surface area contributed by atoms with Gasteiger partial charge in [0.1, 0.15) is 42.7 Å². The molecule has 3 heterocycles. The fourth-order valence-electron chi connectivity index (χ4n) is 15.4. The summed E-state index contributed by atoms with van der Waals surface area (Å²) in [5.41, 5.74) is -0.675. The van der Waals surface area contributed by atoms with Gasteiger partial charge in [0.15, 0.2) is 0 Å². The van der Waals surface area contributed by atoms with Gasteiger partial charge in [-0.05, 0) is 145 Å². The first-order chi connectivity index (χ1) is 47.8. The molecule has 2 aliphatic carbocycles. The van der Waals surface area contributed by atoms with E-state index in [0.717, 1.165) is 76.7 Å². The average molecular weight is 1450 g/mol. The molecule has 3 aliphatic heterocycles. The van der Waals surface area contributed by atoms with Gasteiger partial charge in [0.05, 0.1) is 48.7 Å². The number of aliphatic hydroxyl groups is 2. The molecule has 1 aromatic rings. The van der Waals surface area contributed by atoms with Crippen LogP contribution in [0.15, 0.2) is 18.2 Å². The molecule has 5 N–H and O–H groups in total. The van der Waals surface area contributed by atoms with Crippen molar-refractivity contribution in [2.45, 2.75) is 250 Å². The van der Waals surface area contributed by atoms with Gasteiger partial charge in [-0.2, -0.15) is 13.2 Å². The number of aryl methyl sites for hydroxylation is 1. The van der Waals surface area contributed by atoms with Gasteiger partial charge in [-0.1, -0.05) is 103 Å². The van der Waals surface area contributed by atoms with Gasteiger partial charge >= 0.3 is 6.18 Å². The SMILES string of the molecule is CCC(C)[C@@H]1NC(=O)[C@H](CC(C)C)N(C)C(=O)C[C@@H](C(=O)N2CCCCC2)N(C)C(=O)[C@H](C2CCCCC2)N(C)C(=O)CCCCNC(O)[C@@H]2CCCN2C(=O)[C@H](CCc2ccc(C(F)(F)F)c(Cl)c2)NC(=O)CN(C)C(O)[C@H](CC2CCCCC2)N(CC)C(=O)CN(C)C(=O)CN(C)C1=O. The minimum absolute atomic E-state index is 0.000568. The molecule has 10 atom stereocenters. The molecule has 1 aromatic carbocycles. The lowest BCUT2D eigenvalue weighted by molar-refractivity contribution is -0.155. The number of alkyl halides is 3. The Morgan fingerprint density at radius 3 is 1.92 bits per heavy atom. The average Bonchev–Trinajstić information content (AvgIpc) is 1.41. The molecule has 10 amide bonds. The molecular weight excluding hydrogens is 1330 g/mol. The number of hydrogen-bond acceptors (Lipinski definition) is 14. The molecule has 2 saturated carbocycles. The summed E-state index contributed by atoms with van der Waals surface area (Å²) < 4.78 is 41.4. The van der Waals surface area contributed by atoms with Crippen molar-refractivity contribution in [3.63, 3.8) is 0 Å². The van der Waals surface area contributed by atoms with Crippen molar-refractivity contribution < 1.29 is 71.3 Å². The summed E-state index contributed by atoms with van der Waals surface area (Å²) in [6.07, 6.45) is 5.33. The molecule has 0 aromatic heterocycles. The van der Waals surface area contributed by atoms with Crippen LogP contribution in [0.4, 0.5) is 13.2 Å². The first kappa shape index (κ1) is 83.8. The number of amides is 10. The Bertz CT molecular complexity index is 2950. The molecule has 28 heteroatoms. The largest absolute Gasteiger partial charge is 0.417 e. The molecule has 5 aliphatic rings. The molecule has 24 nitrogen and oxygen atoms in total. The summed E-state index contributed by atoms with van der Waals surface area (Å²) in [5, 5.41) is 32.5. The van der Waals surface area contributed by atoms with E-state index in [9.17, 15) is 66.5 Å². The van der Waals surface area contributed by atoms with Gasteiger partial charge < -0.3 is 60.0 Å². The van der Waals surface area contributed by atoms with Crippen LogP contribution >= 0.6 is 11.6 Å². The number of halogens is 4. The normalized spacial score (nSPS) is 27.7. The zero-order valence-electron chi connectivity index (χ0n) is 61.9. The number of aliphatic hydroxyl groups excluding tert-OH is 2. The fourth-order valence-corrected chi connectivity index (χ4v) is 15.7. The van der Waals surface area contributed by atoms with Crippen LogP contribution in [-0.2, 0) is 60.5 Å². The molecule has 6 rings (SSSR count). The van der Waals surface area contributed by atoms with Gasteiger partial charge in [-0.3, -0.25) is 58.2 Å². The second kappa shape index (κ2) is 39.6. The van der Waals surface area contributed by atoms with Gasteiger partial charge in [0.25, 0.3) is 0 Å². The van der Waals surface area contributed by atoms with Crippen LogP contribution in [0.3, 0.4) is 0 Å². The summed E-state index contributed by atoms with van der Waals surface area (Å²) in [6, 6.07) is -4.30. The van der Waals surface area contributed by atoms with Crippen molar-refractivity contribution in [2.24, 2.45) is 23.7 Å². The molecule has 0 spiro atoms. The third-order valence-corrected chi connectivity index (χ3v) is 22.2. The lowest BCUT2D eigenvalue weighted by Crippen LogP contribution is -2.60. The highest BCUT2D eigenvalue weighted by Crippen LogP contribution is 2.37. The van der Waals surface area contributed by atoms with Crippen LogP contribution in [0.5, 0.6) is 0 Å². The number of hydrogen-bond donors (Lipinski definition) is 5. The number of carbonyl (C=O) groups is 10. The van der Waals surface area contributed by atoms with E-state index in [4.69, 9.17) is 11.6 Å². The van der Waals surface area contributed by atoms with Crippen molar-refractivity contribution in [2.75, 3.05) is 94.6 Å². The fraction of sp³-hybridized carbons (Fsp3) is 0.781. The minimum atomic E-state index is -4.72. The molecular formula is C73H118ClF3N12O12. The summed E-state index contributed by atoms with van der Waals surface area (Å²) in [5.74, 6) is -6.27. The number of piperidine rings is 1. The first-order valence-electron chi connectivity index (χ1n) is 37.2. The quantitative estimate of drug-likeness (QED) is 0.155. The topological polar surface area (TPSA) is 276 Å². The van der Waals surface area contributed by atoms with E-state index in [2.05, 4.69) is 16.0 Å². The summed E-state index contributed by atoms with van der Waals surface area (Å²) >= 11 is 6.14. The minimum Gasteiger partial charge on any atom is -0.376 e. The molecule has 5 fully saturated rings. The molecule has 101 heavy (non-hydrogen) atoms. The number of fused-ring (bicyclic) bond motifs is 1. The third kappa shape index (κ3) is 23.4. The lowest BCUT2D eigenvalue weighted by atomic mass is 9.82. The highest BCUT2D eigenvalue weighted by molar-refractivity contribution is 6.31. The van der Waals surface area contributed by atoms with Gasteiger partial charge in [-0.15, -0.1) is 0 Å². The van der Waals surface area contributed by atoms with Crippen LogP contribution in [0, 0.1) is 23.7 Å². The van der Waals surface area contributed by atoms with E-state index in [1.54, 1.807) is 25.8 Å². The monoisotopic (exact) mass is 1450 g/mol. The zero-order valence-corrected chi connectivity index (χ0v) is 62.6. The second-order valence-electron chi connectivity index (χ2n) is 29.8. The van der Waals surface area contributed by atoms with Gasteiger partial charge in [0, 0.05) is 67.8 Å². The first-order valence-corrected chi connectivity index (χ1v) is 37.6. The van der Waals surface area contributed by atoms with E-state index in [0.29, 0.717) is 70.0 Å². The number of likely N-dealkylation sites (N-methyl/N-ethyl adjacent to an activating group) is 7. The summed E-state index contributed by atoms with van der Waals surface area (Å²) in [7, 11) is 8.90. The highest BCUT2D eigenvalue weighted by Gasteiger charge is 2.45. The lowest BCUT2D eigenvalue weighted by Gasteiger charge is -2.41. The summed E-state index contributed by atoms with van der Waals surface area (Å²) in [6.45, 7) is 9.05. The van der Waals surface area contributed by atoms with E-state index < -0.39 is 157 Å². The maximum Gasteiger partial charge on any atom is 0.417 e. The Kier molecular flexibility index (Phi) is 32.9. The van der Waals surface area contributed by atoms with Crippen LogP contribution < -0.4 is 16.0 Å². The van der Waals surface area contributed by atoms with Crippen LogP contribution in [0.25, 0.3) is 0 Å². The number of rotatable bonds is 12.